The summed E-state index contributed by atoms with van der Waals surface area (Å²) in [6.07, 6.45) is 1.36. The first-order valence-electron chi connectivity index (χ1n) is 6.69. The zero-order chi connectivity index (χ0) is 16.6. The summed E-state index contributed by atoms with van der Waals surface area (Å²) >= 11 is 0. The van der Waals surface area contributed by atoms with Gasteiger partial charge in [-0.3, -0.25) is 14.2 Å². The number of halogens is 1. The molecule has 0 bridgehead atoms. The highest BCUT2D eigenvalue weighted by Gasteiger charge is 2.16. The maximum Gasteiger partial charge on any atom is 0.282 e. The van der Waals surface area contributed by atoms with Crippen LogP contribution in [0.4, 0.5) is 0 Å². The number of hydrogen-bond acceptors (Lipinski definition) is 4. The van der Waals surface area contributed by atoms with Crippen molar-refractivity contribution in [3.8, 4) is 5.82 Å². The smallest absolute Gasteiger partial charge is 0.282 e. The molecule has 132 valence electrons. The molecule has 0 aliphatic carbocycles. The van der Waals surface area contributed by atoms with Crippen molar-refractivity contribution in [3.05, 3.63) is 58.2 Å². The fraction of sp³-hybridized carbons (Fsp3) is 0.0667. The third-order valence-corrected chi connectivity index (χ3v) is 3.25. The molecular formula is C15H16ClN5O4. The molecule has 0 fully saturated rings. The normalized spacial score (nSPS) is 9.80. The highest BCUT2D eigenvalue weighted by Crippen LogP contribution is 2.18. The van der Waals surface area contributed by atoms with E-state index in [1.807, 2.05) is 0 Å². The monoisotopic (exact) mass is 365 g/mol. The first-order chi connectivity index (χ1) is 11.0. The zero-order valence-electron chi connectivity index (χ0n) is 13.1. The Hall–Kier alpha value is -3.17. The summed E-state index contributed by atoms with van der Waals surface area (Å²) in [5, 5.41) is 4.62. The van der Waals surface area contributed by atoms with Crippen LogP contribution in [-0.4, -0.2) is 27.1 Å². The number of nitrogens with zero attached hydrogens (tertiary/aromatic N) is 3. The largest absolute Gasteiger partial charge is 0.412 e. The molecule has 9 nitrogen and oxygen atoms in total. The maximum absolute atomic E-state index is 12.6. The van der Waals surface area contributed by atoms with Crippen molar-refractivity contribution in [2.75, 3.05) is 0 Å². The van der Waals surface area contributed by atoms with Crippen molar-refractivity contribution in [1.29, 1.82) is 0 Å². The van der Waals surface area contributed by atoms with Gasteiger partial charge in [0.2, 0.25) is 0 Å². The Balaban J connectivity index is 0.00000156. The van der Waals surface area contributed by atoms with Crippen LogP contribution in [0.15, 0.2) is 50.8 Å². The van der Waals surface area contributed by atoms with E-state index in [-0.39, 0.29) is 40.8 Å². The zero-order valence-corrected chi connectivity index (χ0v) is 13.9. The molecule has 0 spiro atoms. The molecule has 1 amide bonds. The van der Waals surface area contributed by atoms with Crippen LogP contribution in [0.2, 0.25) is 0 Å². The Morgan fingerprint density at radius 2 is 1.88 bits per heavy atom. The van der Waals surface area contributed by atoms with Gasteiger partial charge in [-0.1, -0.05) is 23.4 Å². The van der Waals surface area contributed by atoms with Gasteiger partial charge < -0.3 is 21.5 Å². The predicted molar refractivity (Wildman–Crippen MR) is 95.3 cm³/mol. The lowest BCUT2D eigenvalue weighted by molar-refractivity contribution is 0.100. The van der Waals surface area contributed by atoms with Gasteiger partial charge in [0, 0.05) is 23.0 Å². The summed E-state index contributed by atoms with van der Waals surface area (Å²) in [4.78, 5) is 28.4. The third-order valence-electron chi connectivity index (χ3n) is 3.25. The first-order valence-corrected chi connectivity index (χ1v) is 6.69. The van der Waals surface area contributed by atoms with Gasteiger partial charge in [-0.15, -0.1) is 12.4 Å². The number of benzene rings is 1. The van der Waals surface area contributed by atoms with Gasteiger partial charge in [-0.05, 0) is 13.0 Å². The summed E-state index contributed by atoms with van der Waals surface area (Å²) in [5.41, 5.74) is 10.4. The Bertz CT molecular complexity index is 1000. The van der Waals surface area contributed by atoms with Crippen LogP contribution in [0, 0.1) is 6.92 Å². The van der Waals surface area contributed by atoms with Gasteiger partial charge in [-0.2, -0.15) is 4.99 Å². The van der Waals surface area contributed by atoms with Crippen LogP contribution < -0.4 is 17.0 Å². The minimum Gasteiger partial charge on any atom is -0.412 e. The van der Waals surface area contributed by atoms with Crippen molar-refractivity contribution in [2.24, 2.45) is 16.5 Å². The highest BCUT2D eigenvalue weighted by molar-refractivity contribution is 6.10. The summed E-state index contributed by atoms with van der Waals surface area (Å²) < 4.78 is 6.22. The molecule has 10 heteroatoms. The molecule has 3 aromatic rings. The van der Waals surface area contributed by atoms with E-state index in [4.69, 9.17) is 16.0 Å². The van der Waals surface area contributed by atoms with Crippen molar-refractivity contribution in [1.82, 2.24) is 9.72 Å². The van der Waals surface area contributed by atoms with Crippen LogP contribution in [-0.2, 0) is 0 Å². The maximum atomic E-state index is 12.6. The van der Waals surface area contributed by atoms with E-state index in [1.165, 1.54) is 10.8 Å². The number of amides is 1. The Labute approximate surface area is 147 Å². The lowest BCUT2D eigenvalue weighted by Crippen LogP contribution is -2.25. The minimum absolute atomic E-state index is 0. The van der Waals surface area contributed by atoms with Gasteiger partial charge in [0.25, 0.3) is 11.5 Å². The van der Waals surface area contributed by atoms with E-state index in [0.29, 0.717) is 16.5 Å². The van der Waals surface area contributed by atoms with E-state index in [1.54, 1.807) is 37.3 Å². The minimum atomic E-state index is -0.643. The number of carbonyl (C=O) groups excluding carboxylic acids is 1. The number of hydrogen-bond donors (Lipinski definition) is 2. The van der Waals surface area contributed by atoms with Gasteiger partial charge in [-0.25, -0.2) is 0 Å². The second-order valence-corrected chi connectivity index (χ2v) is 4.90. The topological polar surface area (TPSA) is 161 Å². The highest BCUT2D eigenvalue weighted by atomic mass is 35.5. The number of aliphatic imine (C=N–C) groups is 1. The Kier molecular flexibility index (Phi) is 6.04. The summed E-state index contributed by atoms with van der Waals surface area (Å²) in [5.74, 6) is -0.182. The average Bonchev–Trinajstić information content (AvgIpc) is 2.93. The van der Waals surface area contributed by atoms with E-state index < -0.39 is 5.91 Å². The molecule has 0 atom stereocenters. The molecule has 0 radical (unpaired) electrons. The van der Waals surface area contributed by atoms with Crippen LogP contribution >= 0.6 is 12.4 Å². The van der Waals surface area contributed by atoms with Crippen molar-refractivity contribution >= 4 is 35.0 Å². The summed E-state index contributed by atoms with van der Waals surface area (Å²) in [7, 11) is 0. The van der Waals surface area contributed by atoms with Crippen LogP contribution in [0.1, 0.15) is 16.1 Å². The fourth-order valence-corrected chi connectivity index (χ4v) is 2.28. The summed E-state index contributed by atoms with van der Waals surface area (Å²) in [6, 6.07) is 8.29. The number of pyridine rings is 1. The van der Waals surface area contributed by atoms with E-state index in [0.717, 1.165) is 0 Å². The van der Waals surface area contributed by atoms with Crippen molar-refractivity contribution in [2.45, 2.75) is 6.92 Å². The number of nitrogens with two attached hydrogens (primary N) is 2. The molecule has 0 aliphatic heterocycles. The molecule has 0 saturated heterocycles. The lowest BCUT2D eigenvalue weighted by atomic mass is 10.1. The third kappa shape index (κ3) is 3.67. The fourth-order valence-electron chi connectivity index (χ4n) is 2.28. The van der Waals surface area contributed by atoms with E-state index in [2.05, 4.69) is 10.1 Å². The average molecular weight is 366 g/mol. The molecule has 6 N–H and O–H groups in total. The van der Waals surface area contributed by atoms with Gasteiger partial charge in [0.15, 0.2) is 11.8 Å². The molecule has 2 heterocycles. The molecule has 1 aromatic carbocycles. The quantitative estimate of drug-likeness (QED) is 0.490. The SMILES string of the molecule is Cc1cc(-n2cc(C(=O)N=C(N)N)c3ccccc3c2=O)no1.Cl.O. The van der Waals surface area contributed by atoms with Gasteiger partial charge in [0.05, 0.1) is 5.56 Å². The number of carbonyl (C=O) groups is 1. The molecule has 2 aromatic heterocycles. The number of guanidine groups is 1. The van der Waals surface area contributed by atoms with Gasteiger partial charge >= 0.3 is 0 Å². The number of fused-ring (bicyclic) bond motifs is 1. The Morgan fingerprint density at radius 3 is 2.44 bits per heavy atom. The second-order valence-electron chi connectivity index (χ2n) is 4.90. The van der Waals surface area contributed by atoms with Crippen LogP contribution in [0.5, 0.6) is 0 Å². The Morgan fingerprint density at radius 1 is 1.24 bits per heavy atom. The standard InChI is InChI=1S/C15H13N5O3.ClH.H2O/c1-8-6-12(19-23-8)20-7-11(13(21)18-15(16)17)9-4-2-3-5-10(9)14(20)22;;/h2-7H,1H3,(H4,16,17,18,21);1H;1H2. The van der Waals surface area contributed by atoms with E-state index in [9.17, 15) is 9.59 Å². The number of aryl methyl sites for hydroxylation is 1. The molecule has 0 unspecified atom stereocenters. The number of aromatic nitrogens is 2. The second kappa shape index (κ2) is 7.60. The summed E-state index contributed by atoms with van der Waals surface area (Å²) in [6.45, 7) is 1.70. The van der Waals surface area contributed by atoms with Crippen LogP contribution in [0.25, 0.3) is 16.6 Å². The first kappa shape index (κ1) is 19.9. The van der Waals surface area contributed by atoms with Crippen molar-refractivity contribution < 1.29 is 14.8 Å². The lowest BCUT2D eigenvalue weighted by Gasteiger charge is -2.08. The molecule has 3 rings (SSSR count). The molecule has 25 heavy (non-hydrogen) atoms. The molecule has 0 saturated carbocycles. The van der Waals surface area contributed by atoms with Crippen molar-refractivity contribution in [3.63, 3.8) is 0 Å². The molecular weight excluding hydrogens is 350 g/mol. The van der Waals surface area contributed by atoms with Crippen LogP contribution in [0.3, 0.4) is 0 Å². The number of rotatable bonds is 2. The predicted octanol–water partition coefficient (Wildman–Crippen LogP) is 0.298. The molecule has 0 aliphatic rings. The van der Waals surface area contributed by atoms with E-state index >= 15 is 0 Å². The van der Waals surface area contributed by atoms with Gasteiger partial charge in [0.1, 0.15) is 5.76 Å².